The Kier molecular flexibility index (Phi) is 10.6. The number of nitrogens with zero attached hydrogens (tertiary/aromatic N) is 3. The number of amides is 1. The van der Waals surface area contributed by atoms with Crippen molar-refractivity contribution in [1.29, 1.82) is 0 Å². The molecule has 0 radical (unpaired) electrons. The van der Waals surface area contributed by atoms with E-state index in [1.165, 1.54) is 38.2 Å². The van der Waals surface area contributed by atoms with Crippen molar-refractivity contribution in [2.45, 2.75) is 102 Å². The molecule has 1 atom stereocenters. The van der Waals surface area contributed by atoms with Crippen molar-refractivity contribution >= 4 is 29.5 Å². The van der Waals surface area contributed by atoms with Gasteiger partial charge in [0.2, 0.25) is 5.91 Å². The Morgan fingerprint density at radius 2 is 1.73 bits per heavy atom. The van der Waals surface area contributed by atoms with Crippen molar-refractivity contribution in [2.75, 3.05) is 31.6 Å². The molecular weight excluding hydrogens is 587 g/mol. The lowest BCUT2D eigenvalue weighted by Gasteiger charge is -2.50. The van der Waals surface area contributed by atoms with Gasteiger partial charge >= 0.3 is 0 Å². The van der Waals surface area contributed by atoms with Crippen molar-refractivity contribution < 1.29 is 9.18 Å². The third-order valence-corrected chi connectivity index (χ3v) is 11.2. The number of benzene rings is 2. The maximum atomic E-state index is 14.3. The Balaban J connectivity index is 1.09. The first-order valence-electron chi connectivity index (χ1n) is 17.2. The highest BCUT2D eigenvalue weighted by Crippen LogP contribution is 2.46. The third-order valence-electron chi connectivity index (χ3n) is 11.0. The summed E-state index contributed by atoms with van der Waals surface area (Å²) in [6, 6.07) is 13.5. The number of halogens is 2. The summed E-state index contributed by atoms with van der Waals surface area (Å²) in [5.74, 6) is 0.778. The summed E-state index contributed by atoms with van der Waals surface area (Å²) in [4.78, 5) is 20.8. The van der Waals surface area contributed by atoms with Crippen LogP contribution >= 0.6 is 11.6 Å². The molecule has 2 saturated carbocycles. The summed E-state index contributed by atoms with van der Waals surface area (Å²) in [6.07, 6.45) is 15.2. The van der Waals surface area contributed by atoms with E-state index in [0.29, 0.717) is 29.7 Å². The largest absolute Gasteiger partial charge is 0.382 e. The first-order valence-corrected chi connectivity index (χ1v) is 17.6. The van der Waals surface area contributed by atoms with Crippen LogP contribution in [0.4, 0.5) is 10.1 Å². The summed E-state index contributed by atoms with van der Waals surface area (Å²) < 4.78 is 13.7. The average Bonchev–Trinajstić information content (AvgIpc) is 3.58. The van der Waals surface area contributed by atoms with Gasteiger partial charge in [0.25, 0.3) is 0 Å². The van der Waals surface area contributed by atoms with Gasteiger partial charge in [0, 0.05) is 42.4 Å². The molecule has 1 saturated heterocycles. The number of aryl methyl sites for hydroxylation is 1. The third kappa shape index (κ3) is 8.19. The van der Waals surface area contributed by atoms with Gasteiger partial charge in [-0.25, -0.2) is 9.40 Å². The molecule has 4 aliphatic rings. The van der Waals surface area contributed by atoms with Crippen LogP contribution < -0.4 is 16.1 Å². The lowest BCUT2D eigenvalue weighted by molar-refractivity contribution is -0.137. The van der Waals surface area contributed by atoms with Crippen LogP contribution in [-0.2, 0) is 11.2 Å². The Morgan fingerprint density at radius 1 is 1.02 bits per heavy atom. The fourth-order valence-electron chi connectivity index (χ4n) is 8.31. The Bertz CT molecular complexity index is 1290. The van der Waals surface area contributed by atoms with Crippen LogP contribution in [0.15, 0.2) is 47.5 Å². The SMILES string of the molecule is Cc1cc(NC2CCC(N[C@H](Cc3ccc(Cl)cc3)C(=O)N3CCC(CN4CN=CN4)(C4CCCCC4)CC3)CC2)ccc1F. The number of rotatable bonds is 10. The highest BCUT2D eigenvalue weighted by Gasteiger charge is 2.44. The molecule has 0 aromatic heterocycles. The van der Waals surface area contributed by atoms with E-state index in [9.17, 15) is 9.18 Å². The number of likely N-dealkylation sites (tertiary alicyclic amines) is 1. The highest BCUT2D eigenvalue weighted by molar-refractivity contribution is 6.30. The van der Waals surface area contributed by atoms with Gasteiger partial charge in [-0.05, 0) is 118 Å². The van der Waals surface area contributed by atoms with Crippen LogP contribution in [0.3, 0.4) is 0 Å². The van der Waals surface area contributed by atoms with E-state index in [0.717, 1.165) is 75.3 Å². The second-order valence-electron chi connectivity index (χ2n) is 14.0. The van der Waals surface area contributed by atoms with Crippen LogP contribution in [0.2, 0.25) is 5.02 Å². The summed E-state index contributed by atoms with van der Waals surface area (Å²) in [6.45, 7) is 5.15. The summed E-state index contributed by atoms with van der Waals surface area (Å²) in [7, 11) is 0. The lowest BCUT2D eigenvalue weighted by atomic mass is 9.63. The molecule has 3 fully saturated rings. The lowest BCUT2D eigenvalue weighted by Crippen LogP contribution is -2.57. The van der Waals surface area contributed by atoms with Gasteiger partial charge in [-0.2, -0.15) is 0 Å². The van der Waals surface area contributed by atoms with E-state index < -0.39 is 0 Å². The molecule has 2 heterocycles. The zero-order chi connectivity index (χ0) is 31.2. The van der Waals surface area contributed by atoms with E-state index in [2.05, 4.69) is 31.0 Å². The summed E-state index contributed by atoms with van der Waals surface area (Å²) >= 11 is 6.20. The average molecular weight is 637 g/mol. The Morgan fingerprint density at radius 3 is 2.40 bits per heavy atom. The highest BCUT2D eigenvalue weighted by atomic mass is 35.5. The molecule has 0 spiro atoms. The van der Waals surface area contributed by atoms with Gasteiger partial charge < -0.3 is 21.0 Å². The standard InChI is InChI=1S/C36H50ClFN6O/c1-26-21-32(15-16-33(26)38)41-30-11-13-31(14-12-30)42-34(22-27-7-9-29(37)10-8-27)35(45)43-19-17-36(18-20-43,23-44-25-39-24-40-44)28-5-3-2-4-6-28/h7-10,15-16,21,24,28,30-31,34,41-42H,2-6,11-14,17-20,22-23,25H2,1H3,(H,39,40)/t30?,31?,34-/m1/s1. The molecule has 45 heavy (non-hydrogen) atoms. The van der Waals surface area contributed by atoms with E-state index in [-0.39, 0.29) is 29.2 Å². The predicted octanol–water partition coefficient (Wildman–Crippen LogP) is 6.71. The van der Waals surface area contributed by atoms with Crippen LogP contribution in [0.25, 0.3) is 0 Å². The zero-order valence-corrected chi connectivity index (χ0v) is 27.5. The van der Waals surface area contributed by atoms with E-state index in [1.807, 2.05) is 42.7 Å². The maximum absolute atomic E-state index is 14.3. The van der Waals surface area contributed by atoms with Gasteiger partial charge in [0.1, 0.15) is 12.5 Å². The molecule has 2 aromatic rings. The minimum Gasteiger partial charge on any atom is -0.382 e. The van der Waals surface area contributed by atoms with Crippen molar-refractivity contribution in [2.24, 2.45) is 16.3 Å². The van der Waals surface area contributed by atoms with Gasteiger partial charge in [-0.3, -0.25) is 9.79 Å². The van der Waals surface area contributed by atoms with Crippen LogP contribution in [0.5, 0.6) is 0 Å². The number of hydrazine groups is 1. The van der Waals surface area contributed by atoms with Crippen LogP contribution in [0, 0.1) is 24.1 Å². The molecule has 1 amide bonds. The van der Waals surface area contributed by atoms with Crippen LogP contribution in [0.1, 0.15) is 81.8 Å². The Labute approximate surface area is 273 Å². The second-order valence-corrected chi connectivity index (χ2v) is 14.4. The number of carbonyl (C=O) groups excluding carboxylic acids is 1. The van der Waals surface area contributed by atoms with E-state index >= 15 is 0 Å². The number of aliphatic imine (C=N–C) groups is 1. The molecule has 7 nitrogen and oxygen atoms in total. The number of anilines is 1. The van der Waals surface area contributed by atoms with Gasteiger partial charge in [0.05, 0.1) is 12.4 Å². The van der Waals surface area contributed by atoms with Gasteiger partial charge in [-0.1, -0.05) is 43.0 Å². The zero-order valence-electron chi connectivity index (χ0n) is 26.7. The molecule has 9 heteroatoms. The van der Waals surface area contributed by atoms with Crippen LogP contribution in [-0.4, -0.2) is 66.6 Å². The van der Waals surface area contributed by atoms with Gasteiger partial charge in [-0.15, -0.1) is 0 Å². The van der Waals surface area contributed by atoms with E-state index in [4.69, 9.17) is 11.6 Å². The first-order chi connectivity index (χ1) is 21.9. The molecule has 0 bridgehead atoms. The topological polar surface area (TPSA) is 72.0 Å². The quantitative estimate of drug-likeness (QED) is 0.271. The predicted molar refractivity (Wildman–Crippen MR) is 181 cm³/mol. The Hall–Kier alpha value is -2.68. The van der Waals surface area contributed by atoms with E-state index in [1.54, 1.807) is 6.92 Å². The molecule has 3 N–H and O–H groups in total. The monoisotopic (exact) mass is 636 g/mol. The van der Waals surface area contributed by atoms with Crippen molar-refractivity contribution in [3.8, 4) is 0 Å². The number of hydrogen-bond donors (Lipinski definition) is 3. The molecule has 2 aromatic carbocycles. The molecule has 2 aliphatic carbocycles. The summed E-state index contributed by atoms with van der Waals surface area (Å²) in [5.41, 5.74) is 6.33. The smallest absolute Gasteiger partial charge is 0.240 e. The number of hydrogen-bond acceptors (Lipinski definition) is 6. The van der Waals surface area contributed by atoms with Crippen molar-refractivity contribution in [3.63, 3.8) is 0 Å². The fraction of sp³-hybridized carbons (Fsp3) is 0.611. The molecule has 244 valence electrons. The fourth-order valence-corrected chi connectivity index (χ4v) is 8.44. The molecular formula is C36H50ClFN6O. The molecule has 0 unspecified atom stereocenters. The summed E-state index contributed by atoms with van der Waals surface area (Å²) in [5, 5.41) is 10.4. The minimum absolute atomic E-state index is 0.170. The number of carbonyl (C=O) groups is 1. The van der Waals surface area contributed by atoms with Crippen molar-refractivity contribution in [3.05, 3.63) is 64.4 Å². The van der Waals surface area contributed by atoms with Gasteiger partial charge in [0.15, 0.2) is 0 Å². The molecule has 6 rings (SSSR count). The minimum atomic E-state index is -0.267. The number of nitrogens with one attached hydrogen (secondary N) is 3. The molecule has 2 aliphatic heterocycles. The first kappa shape index (κ1) is 32.3. The maximum Gasteiger partial charge on any atom is 0.240 e. The number of piperidine rings is 1. The second kappa shape index (κ2) is 14.8. The van der Waals surface area contributed by atoms with Crippen molar-refractivity contribution in [1.82, 2.24) is 20.7 Å². The normalized spacial score (nSPS) is 24.7.